The van der Waals surface area contributed by atoms with Crippen molar-refractivity contribution >= 4 is 0 Å². The highest BCUT2D eigenvalue weighted by Crippen LogP contribution is 2.24. The normalized spacial score (nSPS) is 29.1. The fourth-order valence-electron chi connectivity index (χ4n) is 3.38. The Bertz CT molecular complexity index is 234. The summed E-state index contributed by atoms with van der Waals surface area (Å²) in [5.74, 6) is 0. The van der Waals surface area contributed by atoms with Crippen molar-refractivity contribution in [1.82, 2.24) is 15.1 Å². The fraction of sp³-hybridized carbons (Fsp3) is 1.00. The predicted octanol–water partition coefficient (Wildman–Crippen LogP) is 2.96. The standard InChI is InChI=1S/C14H29N3.C3H8/c1-12(2)16-7-9-17(10-8-16)14-6-4-5-13(11-14)15-3;1-3-2/h12-15H,4-11H2,1-3H3;3H2,1-2H3/t13-,14-;/m1./s1. The van der Waals surface area contributed by atoms with E-state index in [1.807, 2.05) is 0 Å². The summed E-state index contributed by atoms with van der Waals surface area (Å²) in [6.45, 7) is 14.0. The van der Waals surface area contributed by atoms with Crippen LogP contribution >= 0.6 is 0 Å². The van der Waals surface area contributed by atoms with Crippen molar-refractivity contribution in [2.45, 2.75) is 77.9 Å². The molecule has 2 atom stereocenters. The molecule has 0 unspecified atom stereocenters. The monoisotopic (exact) mass is 283 g/mol. The third-order valence-electron chi connectivity index (χ3n) is 4.65. The molecule has 2 fully saturated rings. The zero-order valence-corrected chi connectivity index (χ0v) is 14.5. The van der Waals surface area contributed by atoms with Gasteiger partial charge in [0.25, 0.3) is 0 Å². The molecule has 0 aromatic rings. The Labute approximate surface area is 127 Å². The van der Waals surface area contributed by atoms with Crippen LogP contribution in [0.1, 0.15) is 59.8 Å². The van der Waals surface area contributed by atoms with Gasteiger partial charge >= 0.3 is 0 Å². The molecule has 0 spiro atoms. The highest BCUT2D eigenvalue weighted by Gasteiger charge is 2.28. The quantitative estimate of drug-likeness (QED) is 0.859. The van der Waals surface area contributed by atoms with E-state index >= 15 is 0 Å². The molecular formula is C17H37N3. The number of nitrogens with one attached hydrogen (secondary N) is 1. The molecule has 1 aliphatic heterocycles. The first-order valence-corrected chi connectivity index (χ1v) is 8.77. The van der Waals surface area contributed by atoms with Gasteiger partial charge in [-0.3, -0.25) is 9.80 Å². The molecule has 1 N–H and O–H groups in total. The third kappa shape index (κ3) is 5.71. The average Bonchev–Trinajstić information content (AvgIpc) is 2.48. The van der Waals surface area contributed by atoms with Crippen LogP contribution in [-0.2, 0) is 0 Å². The minimum atomic E-state index is 0.716. The molecular weight excluding hydrogens is 246 g/mol. The van der Waals surface area contributed by atoms with Crippen molar-refractivity contribution in [3.63, 3.8) is 0 Å². The molecule has 0 amide bonds. The Morgan fingerprint density at radius 3 is 2.15 bits per heavy atom. The molecule has 3 nitrogen and oxygen atoms in total. The van der Waals surface area contributed by atoms with Crippen LogP contribution in [0.4, 0.5) is 0 Å². The van der Waals surface area contributed by atoms with Gasteiger partial charge in [0.1, 0.15) is 0 Å². The van der Waals surface area contributed by atoms with E-state index in [2.05, 4.69) is 49.9 Å². The first kappa shape index (κ1) is 17.9. The van der Waals surface area contributed by atoms with E-state index in [1.165, 1.54) is 58.3 Å². The molecule has 2 aliphatic rings. The Hall–Kier alpha value is -0.120. The molecule has 1 heterocycles. The Morgan fingerprint density at radius 1 is 1.05 bits per heavy atom. The van der Waals surface area contributed by atoms with Crippen molar-refractivity contribution in [2.24, 2.45) is 0 Å². The maximum absolute atomic E-state index is 3.46. The lowest BCUT2D eigenvalue weighted by Crippen LogP contribution is -2.54. The summed E-state index contributed by atoms with van der Waals surface area (Å²) in [5, 5.41) is 3.46. The highest BCUT2D eigenvalue weighted by molar-refractivity contribution is 4.86. The van der Waals surface area contributed by atoms with Gasteiger partial charge in [-0.2, -0.15) is 0 Å². The molecule has 20 heavy (non-hydrogen) atoms. The second-order valence-corrected chi connectivity index (χ2v) is 6.68. The van der Waals surface area contributed by atoms with Crippen molar-refractivity contribution in [3.8, 4) is 0 Å². The van der Waals surface area contributed by atoms with Crippen LogP contribution in [0.2, 0.25) is 0 Å². The molecule has 120 valence electrons. The van der Waals surface area contributed by atoms with Gasteiger partial charge in [-0.1, -0.05) is 26.7 Å². The zero-order valence-electron chi connectivity index (χ0n) is 14.5. The van der Waals surface area contributed by atoms with Gasteiger partial charge in [-0.25, -0.2) is 0 Å². The van der Waals surface area contributed by atoms with E-state index in [0.717, 1.165) is 12.1 Å². The maximum atomic E-state index is 3.46. The number of nitrogens with zero attached hydrogens (tertiary/aromatic N) is 2. The number of piperazine rings is 1. The molecule has 1 saturated heterocycles. The molecule has 0 bridgehead atoms. The second kappa shape index (κ2) is 9.75. The highest BCUT2D eigenvalue weighted by atomic mass is 15.3. The number of hydrogen-bond donors (Lipinski definition) is 1. The van der Waals surface area contributed by atoms with E-state index < -0.39 is 0 Å². The molecule has 3 heteroatoms. The lowest BCUT2D eigenvalue weighted by atomic mass is 9.89. The van der Waals surface area contributed by atoms with E-state index in [4.69, 9.17) is 0 Å². The Morgan fingerprint density at radius 2 is 1.65 bits per heavy atom. The van der Waals surface area contributed by atoms with Crippen LogP contribution in [0, 0.1) is 0 Å². The fourth-order valence-corrected chi connectivity index (χ4v) is 3.38. The summed E-state index contributed by atoms with van der Waals surface area (Å²) in [5.41, 5.74) is 0. The van der Waals surface area contributed by atoms with E-state index in [-0.39, 0.29) is 0 Å². The van der Waals surface area contributed by atoms with Gasteiger partial charge in [-0.15, -0.1) is 0 Å². The Kier molecular flexibility index (Phi) is 8.74. The minimum absolute atomic E-state index is 0.716. The first-order valence-electron chi connectivity index (χ1n) is 8.77. The molecule has 1 aliphatic carbocycles. The van der Waals surface area contributed by atoms with E-state index in [9.17, 15) is 0 Å². The molecule has 1 saturated carbocycles. The molecule has 2 rings (SSSR count). The first-order chi connectivity index (χ1) is 9.62. The van der Waals surface area contributed by atoms with Crippen LogP contribution in [0.15, 0.2) is 0 Å². The van der Waals surface area contributed by atoms with Gasteiger partial charge in [0.05, 0.1) is 0 Å². The van der Waals surface area contributed by atoms with E-state index in [1.54, 1.807) is 0 Å². The van der Waals surface area contributed by atoms with Crippen molar-refractivity contribution in [3.05, 3.63) is 0 Å². The van der Waals surface area contributed by atoms with Crippen LogP contribution in [0.25, 0.3) is 0 Å². The van der Waals surface area contributed by atoms with Gasteiger partial charge in [-0.05, 0) is 40.2 Å². The van der Waals surface area contributed by atoms with Gasteiger partial charge < -0.3 is 5.32 Å². The Balaban J connectivity index is 0.000000612. The predicted molar refractivity (Wildman–Crippen MR) is 89.4 cm³/mol. The van der Waals surface area contributed by atoms with E-state index in [0.29, 0.717) is 6.04 Å². The summed E-state index contributed by atoms with van der Waals surface area (Å²) in [6.07, 6.45) is 6.80. The SMILES string of the molecule is CCC.CN[C@@H]1CCC[C@@H](N2CCN(C(C)C)CC2)C1. The lowest BCUT2D eigenvalue weighted by Gasteiger charge is -2.43. The van der Waals surface area contributed by atoms with Gasteiger partial charge in [0.15, 0.2) is 0 Å². The average molecular weight is 284 g/mol. The van der Waals surface area contributed by atoms with Gasteiger partial charge in [0, 0.05) is 44.3 Å². The van der Waals surface area contributed by atoms with Crippen LogP contribution in [0.5, 0.6) is 0 Å². The lowest BCUT2D eigenvalue weighted by molar-refractivity contribution is 0.0591. The summed E-state index contributed by atoms with van der Waals surface area (Å²) in [6, 6.07) is 2.32. The van der Waals surface area contributed by atoms with Crippen molar-refractivity contribution < 1.29 is 0 Å². The summed E-state index contributed by atoms with van der Waals surface area (Å²) < 4.78 is 0. The van der Waals surface area contributed by atoms with Gasteiger partial charge in [0.2, 0.25) is 0 Å². The minimum Gasteiger partial charge on any atom is -0.317 e. The zero-order chi connectivity index (χ0) is 15.0. The second-order valence-electron chi connectivity index (χ2n) is 6.68. The summed E-state index contributed by atoms with van der Waals surface area (Å²) in [7, 11) is 2.11. The maximum Gasteiger partial charge on any atom is 0.0113 e. The molecule has 0 radical (unpaired) electrons. The molecule has 0 aromatic carbocycles. The number of hydrogen-bond acceptors (Lipinski definition) is 3. The largest absolute Gasteiger partial charge is 0.317 e. The van der Waals surface area contributed by atoms with Crippen LogP contribution in [-0.4, -0.2) is 61.2 Å². The number of rotatable bonds is 3. The molecule has 0 aromatic heterocycles. The summed E-state index contributed by atoms with van der Waals surface area (Å²) >= 11 is 0. The van der Waals surface area contributed by atoms with Crippen molar-refractivity contribution in [1.29, 1.82) is 0 Å². The van der Waals surface area contributed by atoms with Crippen LogP contribution in [0.3, 0.4) is 0 Å². The van der Waals surface area contributed by atoms with Crippen molar-refractivity contribution in [2.75, 3.05) is 33.2 Å². The third-order valence-corrected chi connectivity index (χ3v) is 4.65. The smallest absolute Gasteiger partial charge is 0.0113 e. The van der Waals surface area contributed by atoms with Crippen LogP contribution < -0.4 is 5.32 Å². The summed E-state index contributed by atoms with van der Waals surface area (Å²) in [4.78, 5) is 5.34. The topological polar surface area (TPSA) is 18.5 Å².